The van der Waals surface area contributed by atoms with Crippen LogP contribution in [-0.2, 0) is 0 Å². The van der Waals surface area contributed by atoms with Crippen LogP contribution in [0.25, 0.3) is 0 Å². The van der Waals surface area contributed by atoms with Gasteiger partial charge in [0, 0.05) is 18.0 Å². The van der Waals surface area contributed by atoms with Crippen LogP contribution >= 0.6 is 0 Å². The van der Waals surface area contributed by atoms with Crippen molar-refractivity contribution in [1.82, 2.24) is 4.98 Å². The fraction of sp³-hybridized carbons (Fsp3) is 0.200. The van der Waals surface area contributed by atoms with Crippen molar-refractivity contribution in [3.8, 4) is 0 Å². The summed E-state index contributed by atoms with van der Waals surface area (Å²) in [4.78, 5) is 15.2. The van der Waals surface area contributed by atoms with E-state index in [0.717, 1.165) is 0 Å². The molecule has 0 atom stereocenters. The number of nitrogens with zero attached hydrogens (tertiary/aromatic N) is 3. The first-order chi connectivity index (χ1) is 7.11. The van der Waals surface area contributed by atoms with Gasteiger partial charge >= 0.3 is 0 Å². The van der Waals surface area contributed by atoms with Crippen molar-refractivity contribution in [2.75, 3.05) is 0 Å². The highest BCUT2D eigenvalue weighted by Crippen LogP contribution is 2.04. The minimum Gasteiger partial charge on any atom is -0.511 e. The van der Waals surface area contributed by atoms with Crippen LogP contribution < -0.4 is 0 Å². The highest BCUT2D eigenvalue weighted by Gasteiger charge is 2.02. The lowest BCUT2D eigenvalue weighted by molar-refractivity contribution is 0.0994. The summed E-state index contributed by atoms with van der Waals surface area (Å²) >= 11 is 0. The van der Waals surface area contributed by atoms with Crippen LogP contribution in [0.5, 0.6) is 0 Å². The van der Waals surface area contributed by atoms with E-state index in [4.69, 9.17) is 5.11 Å². The van der Waals surface area contributed by atoms with Gasteiger partial charge in [-0.2, -0.15) is 0 Å². The highest BCUT2D eigenvalue weighted by atomic mass is 16.3. The van der Waals surface area contributed by atoms with E-state index in [1.165, 1.54) is 19.3 Å². The molecule has 1 aromatic rings. The minimum atomic E-state index is -0.460. The molecule has 1 heterocycles. The molecule has 0 aliphatic rings. The molecule has 5 nitrogen and oxygen atoms in total. The molecule has 1 aromatic heterocycles. The normalized spacial score (nSPS) is 12.7. The summed E-state index contributed by atoms with van der Waals surface area (Å²) < 4.78 is 0. The molecule has 0 radical (unpaired) electrons. The van der Waals surface area contributed by atoms with Gasteiger partial charge in [-0.25, -0.2) is 0 Å². The second-order valence-electron chi connectivity index (χ2n) is 2.91. The number of carbonyl (C=O) groups excluding carboxylic acids is 1. The summed E-state index contributed by atoms with van der Waals surface area (Å²) in [5, 5.41) is 16.0. The monoisotopic (exact) mass is 205 g/mol. The summed E-state index contributed by atoms with van der Waals surface area (Å²) in [5.41, 5.74) is 0.731. The predicted molar refractivity (Wildman–Crippen MR) is 54.4 cm³/mol. The van der Waals surface area contributed by atoms with Gasteiger partial charge in [0.1, 0.15) is 5.76 Å². The van der Waals surface area contributed by atoms with Gasteiger partial charge in [0.2, 0.25) is 0 Å². The average molecular weight is 205 g/mol. The lowest BCUT2D eigenvalue weighted by Crippen LogP contribution is -1.93. The van der Waals surface area contributed by atoms with Crippen molar-refractivity contribution in [3.05, 3.63) is 41.5 Å². The van der Waals surface area contributed by atoms with Crippen LogP contribution in [0.4, 0.5) is 0 Å². The molecule has 78 valence electrons. The standard InChI is InChI=1S/C10H11N3O2/c1-7(8(2)14)12-13-10(15)9-3-5-11-6-4-9/h3-6,14H,1-2H3/b8-7-,13-12+. The van der Waals surface area contributed by atoms with E-state index in [1.54, 1.807) is 19.1 Å². The molecule has 0 aliphatic carbocycles. The Morgan fingerprint density at radius 3 is 2.40 bits per heavy atom. The number of aliphatic hydroxyl groups excluding tert-OH is 1. The molecule has 0 aromatic carbocycles. The maximum atomic E-state index is 11.4. The Kier molecular flexibility index (Phi) is 3.68. The molecular weight excluding hydrogens is 194 g/mol. The number of hydrogen-bond donors (Lipinski definition) is 1. The van der Waals surface area contributed by atoms with Crippen LogP contribution in [0.15, 0.2) is 46.2 Å². The highest BCUT2D eigenvalue weighted by molar-refractivity contribution is 5.94. The van der Waals surface area contributed by atoms with Crippen LogP contribution in [0, 0.1) is 0 Å². The Balaban J connectivity index is 2.78. The third-order valence-electron chi connectivity index (χ3n) is 1.74. The van der Waals surface area contributed by atoms with Gasteiger partial charge in [0.15, 0.2) is 0 Å². The molecule has 0 saturated heterocycles. The number of pyridine rings is 1. The van der Waals surface area contributed by atoms with E-state index in [0.29, 0.717) is 11.3 Å². The molecule has 0 aliphatic heterocycles. The number of allylic oxidation sites excluding steroid dienone is 2. The molecule has 0 fully saturated rings. The van der Waals surface area contributed by atoms with Gasteiger partial charge in [0.25, 0.3) is 5.91 Å². The molecule has 0 spiro atoms. The largest absolute Gasteiger partial charge is 0.511 e. The maximum Gasteiger partial charge on any atom is 0.295 e. The Morgan fingerprint density at radius 2 is 1.87 bits per heavy atom. The Hall–Kier alpha value is -2.04. The van der Waals surface area contributed by atoms with E-state index >= 15 is 0 Å². The van der Waals surface area contributed by atoms with E-state index in [1.807, 2.05) is 0 Å². The van der Waals surface area contributed by atoms with E-state index in [2.05, 4.69) is 15.2 Å². The number of aliphatic hydroxyl groups is 1. The second-order valence-corrected chi connectivity index (χ2v) is 2.91. The number of amides is 1. The molecule has 1 N–H and O–H groups in total. The second kappa shape index (κ2) is 4.99. The Bertz CT molecular complexity index is 406. The Labute approximate surface area is 87.2 Å². The van der Waals surface area contributed by atoms with Gasteiger partial charge < -0.3 is 5.11 Å². The topological polar surface area (TPSA) is 74.9 Å². The summed E-state index contributed by atoms with van der Waals surface area (Å²) in [5.74, 6) is -0.417. The molecule has 1 rings (SSSR count). The molecular formula is C10H11N3O2. The molecule has 0 saturated carbocycles. The van der Waals surface area contributed by atoms with Crippen molar-refractivity contribution in [2.24, 2.45) is 10.2 Å². The first kappa shape index (κ1) is 11.0. The van der Waals surface area contributed by atoms with Crippen molar-refractivity contribution < 1.29 is 9.90 Å². The van der Waals surface area contributed by atoms with Crippen molar-refractivity contribution in [3.63, 3.8) is 0 Å². The molecule has 15 heavy (non-hydrogen) atoms. The first-order valence-electron chi connectivity index (χ1n) is 4.34. The van der Waals surface area contributed by atoms with Crippen LogP contribution in [0.1, 0.15) is 24.2 Å². The third-order valence-corrected chi connectivity index (χ3v) is 1.74. The van der Waals surface area contributed by atoms with E-state index in [9.17, 15) is 4.79 Å². The third kappa shape index (κ3) is 3.30. The lowest BCUT2D eigenvalue weighted by atomic mass is 10.3. The summed E-state index contributed by atoms with van der Waals surface area (Å²) in [6.07, 6.45) is 3.01. The zero-order valence-electron chi connectivity index (χ0n) is 8.51. The van der Waals surface area contributed by atoms with Gasteiger partial charge in [-0.05, 0) is 26.0 Å². The lowest BCUT2D eigenvalue weighted by Gasteiger charge is -1.93. The first-order valence-corrected chi connectivity index (χ1v) is 4.34. The fourth-order valence-electron chi connectivity index (χ4n) is 0.745. The predicted octanol–water partition coefficient (Wildman–Crippen LogP) is 2.48. The van der Waals surface area contributed by atoms with Crippen molar-refractivity contribution in [1.29, 1.82) is 0 Å². The van der Waals surface area contributed by atoms with Gasteiger partial charge in [-0.15, -0.1) is 10.2 Å². The molecule has 0 bridgehead atoms. The van der Waals surface area contributed by atoms with Crippen LogP contribution in [0.3, 0.4) is 0 Å². The molecule has 0 unspecified atom stereocenters. The van der Waals surface area contributed by atoms with Crippen LogP contribution in [0.2, 0.25) is 0 Å². The van der Waals surface area contributed by atoms with Crippen molar-refractivity contribution in [2.45, 2.75) is 13.8 Å². The number of azo groups is 1. The van der Waals surface area contributed by atoms with Crippen LogP contribution in [-0.4, -0.2) is 16.0 Å². The molecule has 5 heteroatoms. The van der Waals surface area contributed by atoms with Crippen molar-refractivity contribution >= 4 is 5.91 Å². The SMILES string of the molecule is C/C(O)=C(C)/N=N/C(=O)c1ccncc1. The smallest absolute Gasteiger partial charge is 0.295 e. The summed E-state index contributed by atoms with van der Waals surface area (Å²) in [6.45, 7) is 3.05. The van der Waals surface area contributed by atoms with E-state index in [-0.39, 0.29) is 5.76 Å². The number of aromatic nitrogens is 1. The van der Waals surface area contributed by atoms with E-state index < -0.39 is 5.91 Å². The number of rotatable bonds is 2. The summed E-state index contributed by atoms with van der Waals surface area (Å²) in [6, 6.07) is 3.10. The average Bonchev–Trinajstić information content (AvgIpc) is 2.26. The quantitative estimate of drug-likeness (QED) is 0.595. The number of carbonyl (C=O) groups is 1. The maximum absolute atomic E-state index is 11.4. The van der Waals surface area contributed by atoms with Gasteiger partial charge in [-0.1, -0.05) is 0 Å². The molecule has 1 amide bonds. The fourth-order valence-corrected chi connectivity index (χ4v) is 0.745. The zero-order valence-corrected chi connectivity index (χ0v) is 8.51. The zero-order chi connectivity index (χ0) is 11.3. The summed E-state index contributed by atoms with van der Waals surface area (Å²) in [7, 11) is 0. The number of hydrogen-bond acceptors (Lipinski definition) is 4. The Morgan fingerprint density at radius 1 is 1.27 bits per heavy atom. The van der Waals surface area contributed by atoms with Gasteiger partial charge in [0.05, 0.1) is 5.70 Å². The minimum absolute atomic E-state index is 0.0429. The van der Waals surface area contributed by atoms with Gasteiger partial charge in [-0.3, -0.25) is 9.78 Å².